The van der Waals surface area contributed by atoms with Gasteiger partial charge in [0.25, 0.3) is 0 Å². The minimum absolute atomic E-state index is 0.0537. The monoisotopic (exact) mass is 433 g/mol. The van der Waals surface area contributed by atoms with Crippen molar-refractivity contribution in [1.29, 1.82) is 0 Å². The minimum atomic E-state index is -3.97. The van der Waals surface area contributed by atoms with Crippen molar-refractivity contribution in [1.82, 2.24) is 4.31 Å². The number of hydrogen-bond acceptors (Lipinski definition) is 5. The standard InChI is InChI=1S/C21H23NO7S/c1-12-4-6-15(7-5-12)30(28,29)22-10-13(2)16-8-21(19(24)25,20(26)27)9-17(16)14(3)18(23)11-22/h4-7H,8-11H2,1-3H3,(H,24,25)(H,26,27)/b16-13-,17-14-. The first-order valence-corrected chi connectivity index (χ1v) is 10.8. The summed E-state index contributed by atoms with van der Waals surface area (Å²) >= 11 is 0. The quantitative estimate of drug-likeness (QED) is 0.696. The zero-order valence-corrected chi connectivity index (χ0v) is 17.7. The van der Waals surface area contributed by atoms with Crippen LogP contribution in [0.3, 0.4) is 0 Å². The van der Waals surface area contributed by atoms with Crippen LogP contribution >= 0.6 is 0 Å². The predicted molar refractivity (Wildman–Crippen MR) is 107 cm³/mol. The summed E-state index contributed by atoms with van der Waals surface area (Å²) in [6.07, 6.45) is -0.589. The summed E-state index contributed by atoms with van der Waals surface area (Å²) in [5.41, 5.74) is 0.418. The first-order valence-electron chi connectivity index (χ1n) is 9.35. The summed E-state index contributed by atoms with van der Waals surface area (Å²) in [5.74, 6) is -3.42. The summed E-state index contributed by atoms with van der Waals surface area (Å²) in [6.45, 7) is 4.45. The average Bonchev–Trinajstić information content (AvgIpc) is 3.08. The van der Waals surface area contributed by atoms with Gasteiger partial charge in [-0.2, -0.15) is 4.31 Å². The van der Waals surface area contributed by atoms with E-state index in [-0.39, 0.29) is 29.9 Å². The molecule has 0 bridgehead atoms. The molecule has 0 aromatic heterocycles. The van der Waals surface area contributed by atoms with Gasteiger partial charge in [0.2, 0.25) is 10.0 Å². The molecule has 0 spiro atoms. The number of hydrogen-bond donors (Lipinski definition) is 2. The summed E-state index contributed by atoms with van der Waals surface area (Å²) in [4.78, 5) is 36.5. The minimum Gasteiger partial charge on any atom is -0.480 e. The highest BCUT2D eigenvalue weighted by molar-refractivity contribution is 7.89. The average molecular weight is 433 g/mol. The number of rotatable bonds is 4. The Morgan fingerprint density at radius 3 is 2.00 bits per heavy atom. The maximum absolute atomic E-state index is 13.1. The van der Waals surface area contributed by atoms with E-state index < -0.39 is 39.7 Å². The molecule has 0 radical (unpaired) electrons. The summed E-state index contributed by atoms with van der Waals surface area (Å²) in [5, 5.41) is 19.2. The number of carboxylic acid groups (broad SMARTS) is 2. The van der Waals surface area contributed by atoms with Gasteiger partial charge in [0.15, 0.2) is 11.2 Å². The first-order chi connectivity index (χ1) is 13.9. The number of fused-ring (bicyclic) bond motifs is 1. The van der Waals surface area contributed by atoms with Gasteiger partial charge in [-0.25, -0.2) is 8.42 Å². The van der Waals surface area contributed by atoms with Gasteiger partial charge in [0, 0.05) is 13.0 Å². The number of aryl methyl sites for hydroxylation is 1. The molecule has 2 N–H and O–H groups in total. The van der Waals surface area contributed by atoms with Crippen LogP contribution in [-0.4, -0.2) is 53.7 Å². The molecule has 1 aliphatic carbocycles. The number of Topliss-reactive ketones (excluding diaryl/α,β-unsaturated/α-hetero) is 1. The van der Waals surface area contributed by atoms with Crippen molar-refractivity contribution < 1.29 is 33.0 Å². The Hall–Kier alpha value is -2.78. The van der Waals surface area contributed by atoms with E-state index in [1.807, 2.05) is 6.92 Å². The van der Waals surface area contributed by atoms with Gasteiger partial charge in [0.1, 0.15) is 0 Å². The topological polar surface area (TPSA) is 129 Å². The molecule has 160 valence electrons. The number of ketones is 1. The number of sulfonamides is 1. The Balaban J connectivity index is 2.10. The van der Waals surface area contributed by atoms with Crippen LogP contribution in [0, 0.1) is 12.3 Å². The molecule has 1 heterocycles. The van der Waals surface area contributed by atoms with Crippen LogP contribution in [-0.2, 0) is 24.4 Å². The molecule has 1 fully saturated rings. The molecule has 0 atom stereocenters. The molecule has 1 aliphatic heterocycles. The smallest absolute Gasteiger partial charge is 0.321 e. The molecule has 1 aromatic rings. The van der Waals surface area contributed by atoms with Crippen LogP contribution in [0.1, 0.15) is 32.3 Å². The molecule has 0 unspecified atom stereocenters. The van der Waals surface area contributed by atoms with Crippen molar-refractivity contribution in [3.63, 3.8) is 0 Å². The molecule has 1 saturated carbocycles. The molecular formula is C21H23NO7S. The van der Waals surface area contributed by atoms with Crippen LogP contribution in [0.4, 0.5) is 0 Å². The fraction of sp³-hybridized carbons (Fsp3) is 0.381. The number of aliphatic carboxylic acids is 2. The fourth-order valence-electron chi connectivity index (χ4n) is 3.93. The van der Waals surface area contributed by atoms with Crippen LogP contribution in [0.2, 0.25) is 0 Å². The second kappa shape index (κ2) is 7.48. The zero-order chi connectivity index (χ0) is 22.4. The maximum Gasteiger partial charge on any atom is 0.321 e. The highest BCUT2D eigenvalue weighted by Crippen LogP contribution is 2.48. The Morgan fingerprint density at radius 2 is 1.47 bits per heavy atom. The lowest BCUT2D eigenvalue weighted by Gasteiger charge is -2.26. The molecule has 1 aromatic carbocycles. The lowest BCUT2D eigenvalue weighted by Crippen LogP contribution is -2.38. The number of nitrogens with zero attached hydrogens (tertiary/aromatic N) is 1. The normalized spacial score (nSPS) is 24.8. The summed E-state index contributed by atoms with van der Waals surface area (Å²) < 4.78 is 27.3. The molecule has 0 amide bonds. The fourth-order valence-corrected chi connectivity index (χ4v) is 5.36. The Kier molecular flexibility index (Phi) is 5.46. The van der Waals surface area contributed by atoms with Crippen LogP contribution in [0.15, 0.2) is 51.5 Å². The van der Waals surface area contributed by atoms with Gasteiger partial charge in [-0.1, -0.05) is 23.3 Å². The predicted octanol–water partition coefficient (Wildman–Crippen LogP) is 2.15. The van der Waals surface area contributed by atoms with Gasteiger partial charge in [-0.15, -0.1) is 0 Å². The van der Waals surface area contributed by atoms with Crippen molar-refractivity contribution in [2.45, 2.75) is 38.5 Å². The summed E-state index contributed by atoms with van der Waals surface area (Å²) in [6, 6.07) is 6.27. The van der Waals surface area contributed by atoms with Gasteiger partial charge in [0.05, 0.1) is 11.4 Å². The van der Waals surface area contributed by atoms with E-state index in [1.165, 1.54) is 19.1 Å². The van der Waals surface area contributed by atoms with Crippen molar-refractivity contribution in [2.24, 2.45) is 5.41 Å². The number of carbonyl (C=O) groups is 3. The second-order valence-corrected chi connectivity index (χ2v) is 9.86. The number of benzene rings is 1. The van der Waals surface area contributed by atoms with E-state index in [4.69, 9.17) is 0 Å². The molecule has 8 nitrogen and oxygen atoms in total. The third-order valence-electron chi connectivity index (χ3n) is 5.92. The number of carboxylic acids is 2. The molecular weight excluding hydrogens is 410 g/mol. The van der Waals surface area contributed by atoms with Gasteiger partial charge >= 0.3 is 11.9 Å². The number of carbonyl (C=O) groups excluding carboxylic acids is 1. The third-order valence-corrected chi connectivity index (χ3v) is 7.72. The molecule has 9 heteroatoms. The van der Waals surface area contributed by atoms with Crippen molar-refractivity contribution in [3.8, 4) is 0 Å². The van der Waals surface area contributed by atoms with E-state index in [9.17, 15) is 33.0 Å². The van der Waals surface area contributed by atoms with Gasteiger partial charge in [-0.05, 0) is 56.0 Å². The summed E-state index contributed by atoms with van der Waals surface area (Å²) in [7, 11) is -3.97. The molecule has 0 saturated heterocycles. The Labute approximate surface area is 174 Å². The van der Waals surface area contributed by atoms with Crippen LogP contribution < -0.4 is 0 Å². The van der Waals surface area contributed by atoms with E-state index in [0.717, 1.165) is 9.87 Å². The maximum atomic E-state index is 13.1. The van der Waals surface area contributed by atoms with Crippen molar-refractivity contribution in [3.05, 3.63) is 52.1 Å². The van der Waals surface area contributed by atoms with E-state index >= 15 is 0 Å². The van der Waals surface area contributed by atoms with Crippen molar-refractivity contribution >= 4 is 27.7 Å². The lowest BCUT2D eigenvalue weighted by atomic mass is 9.85. The highest BCUT2D eigenvalue weighted by Gasteiger charge is 2.53. The SMILES string of the molecule is C/C1=C2\CC(C(=O)O)(C(=O)O)C\C2=C(/C)C(=O)CN(S(=O)(=O)c2ccc(C)cc2)C1. The van der Waals surface area contributed by atoms with Crippen LogP contribution in [0.5, 0.6) is 0 Å². The second-order valence-electron chi connectivity index (χ2n) is 7.92. The molecule has 30 heavy (non-hydrogen) atoms. The van der Waals surface area contributed by atoms with E-state index in [0.29, 0.717) is 16.7 Å². The van der Waals surface area contributed by atoms with Gasteiger partial charge < -0.3 is 10.2 Å². The van der Waals surface area contributed by atoms with E-state index in [2.05, 4.69) is 0 Å². The number of allylic oxidation sites excluding steroid dienone is 2. The third kappa shape index (κ3) is 3.48. The van der Waals surface area contributed by atoms with Crippen molar-refractivity contribution in [2.75, 3.05) is 13.1 Å². The Morgan fingerprint density at radius 1 is 0.933 bits per heavy atom. The Bertz CT molecular complexity index is 1100. The first kappa shape index (κ1) is 21.9. The largest absolute Gasteiger partial charge is 0.480 e. The molecule has 3 rings (SSSR count). The van der Waals surface area contributed by atoms with Crippen LogP contribution in [0.25, 0.3) is 0 Å². The highest BCUT2D eigenvalue weighted by atomic mass is 32.2. The molecule has 2 aliphatic rings. The zero-order valence-electron chi connectivity index (χ0n) is 16.9. The lowest BCUT2D eigenvalue weighted by molar-refractivity contribution is -0.163. The van der Waals surface area contributed by atoms with Gasteiger partial charge in [-0.3, -0.25) is 14.4 Å². The van der Waals surface area contributed by atoms with E-state index in [1.54, 1.807) is 19.1 Å².